The molecule has 1 saturated heterocycles. The molecule has 2 amide bonds. The number of nitrogens with zero attached hydrogens (tertiary/aromatic N) is 1. The summed E-state index contributed by atoms with van der Waals surface area (Å²) < 4.78 is 12.9. The van der Waals surface area contributed by atoms with Crippen molar-refractivity contribution in [2.75, 3.05) is 13.1 Å². The van der Waals surface area contributed by atoms with Crippen molar-refractivity contribution in [3.05, 3.63) is 35.6 Å². The van der Waals surface area contributed by atoms with Gasteiger partial charge >= 0.3 is 0 Å². The van der Waals surface area contributed by atoms with Crippen LogP contribution < -0.4 is 5.32 Å². The summed E-state index contributed by atoms with van der Waals surface area (Å²) >= 11 is 0. The van der Waals surface area contributed by atoms with Gasteiger partial charge in [-0.15, -0.1) is 0 Å². The van der Waals surface area contributed by atoms with Crippen LogP contribution in [0.4, 0.5) is 4.39 Å². The molecule has 0 spiro atoms. The van der Waals surface area contributed by atoms with Gasteiger partial charge in [0.25, 0.3) is 0 Å². The number of hydrogen-bond acceptors (Lipinski definition) is 2. The van der Waals surface area contributed by atoms with E-state index in [1.165, 1.54) is 44.2 Å². The summed E-state index contributed by atoms with van der Waals surface area (Å²) in [7, 11) is 0. The Bertz CT molecular complexity index is 618. The summed E-state index contributed by atoms with van der Waals surface area (Å²) in [6, 6.07) is 6.16. The number of rotatable bonds is 6. The van der Waals surface area contributed by atoms with E-state index in [0.29, 0.717) is 6.42 Å². The van der Waals surface area contributed by atoms with Gasteiger partial charge in [0.1, 0.15) is 5.82 Å². The molecule has 1 aromatic rings. The maximum atomic E-state index is 12.9. The summed E-state index contributed by atoms with van der Waals surface area (Å²) in [6.45, 7) is 1.45. The predicted octanol–water partition coefficient (Wildman–Crippen LogP) is 3.84. The number of piperidine rings is 1. The Morgan fingerprint density at radius 1 is 1.00 bits per heavy atom. The lowest BCUT2D eigenvalue weighted by Gasteiger charge is -2.33. The maximum absolute atomic E-state index is 12.9. The van der Waals surface area contributed by atoms with Gasteiger partial charge in [-0.25, -0.2) is 4.39 Å². The number of carbonyl (C=O) groups is 2. The lowest BCUT2D eigenvalue weighted by molar-refractivity contribution is -0.132. The fourth-order valence-corrected chi connectivity index (χ4v) is 4.30. The van der Waals surface area contributed by atoms with E-state index < -0.39 is 0 Å². The molecule has 2 aliphatic rings. The molecule has 1 aliphatic heterocycles. The average Bonchev–Trinajstić information content (AvgIpc) is 2.69. The maximum Gasteiger partial charge on any atom is 0.224 e. The number of halogens is 1. The second-order valence-corrected chi connectivity index (χ2v) is 8.07. The highest BCUT2D eigenvalue weighted by Crippen LogP contribution is 2.27. The van der Waals surface area contributed by atoms with Crippen LogP contribution in [0.5, 0.6) is 0 Å². The zero-order chi connectivity index (χ0) is 19.1. The van der Waals surface area contributed by atoms with Crippen molar-refractivity contribution < 1.29 is 14.0 Å². The number of amides is 2. The number of hydrogen-bond donors (Lipinski definition) is 1. The minimum Gasteiger partial charge on any atom is -0.353 e. The fraction of sp³-hybridized carbons (Fsp3) is 0.636. The first-order valence-corrected chi connectivity index (χ1v) is 10.4. The van der Waals surface area contributed by atoms with Crippen LogP contribution >= 0.6 is 0 Å². The summed E-state index contributed by atoms with van der Waals surface area (Å²) in [6.07, 6.45) is 10.2. The third-order valence-corrected chi connectivity index (χ3v) is 5.98. The smallest absolute Gasteiger partial charge is 0.224 e. The van der Waals surface area contributed by atoms with E-state index >= 15 is 0 Å². The number of carbonyl (C=O) groups excluding carboxylic acids is 2. The van der Waals surface area contributed by atoms with Gasteiger partial charge in [0.2, 0.25) is 11.8 Å². The molecule has 0 bridgehead atoms. The summed E-state index contributed by atoms with van der Waals surface area (Å²) in [5.74, 6) is 0.686. The van der Waals surface area contributed by atoms with Crippen molar-refractivity contribution in [1.82, 2.24) is 10.2 Å². The molecule has 1 N–H and O–H groups in total. The minimum atomic E-state index is -0.292. The first kappa shape index (κ1) is 19.8. The Labute approximate surface area is 161 Å². The summed E-state index contributed by atoms with van der Waals surface area (Å²) in [4.78, 5) is 26.6. The van der Waals surface area contributed by atoms with Gasteiger partial charge in [0.15, 0.2) is 0 Å². The van der Waals surface area contributed by atoms with Crippen LogP contribution in [0, 0.1) is 11.7 Å². The van der Waals surface area contributed by atoms with Crippen LogP contribution in [0.2, 0.25) is 0 Å². The standard InChI is InChI=1S/C22H31FN2O2/c23-19-9-6-18(7-10-19)16-21(26)24-20-12-14-25(15-13-20)22(27)11-8-17-4-2-1-3-5-17/h6-7,9-10,17,20H,1-5,8,11-16H2,(H,24,26). The number of nitrogens with one attached hydrogen (secondary N) is 1. The van der Waals surface area contributed by atoms with E-state index in [4.69, 9.17) is 0 Å². The Balaban J connectivity index is 1.34. The Hall–Kier alpha value is -1.91. The molecular formula is C22H31FN2O2. The highest BCUT2D eigenvalue weighted by molar-refractivity contribution is 5.79. The molecule has 4 nitrogen and oxygen atoms in total. The highest BCUT2D eigenvalue weighted by Gasteiger charge is 2.24. The van der Waals surface area contributed by atoms with Crippen LogP contribution in [-0.2, 0) is 16.0 Å². The van der Waals surface area contributed by atoms with Gasteiger partial charge in [-0.3, -0.25) is 9.59 Å². The van der Waals surface area contributed by atoms with Gasteiger partial charge < -0.3 is 10.2 Å². The molecule has 1 aromatic carbocycles. The van der Waals surface area contributed by atoms with Gasteiger partial charge in [-0.2, -0.15) is 0 Å². The second-order valence-electron chi connectivity index (χ2n) is 8.07. The highest BCUT2D eigenvalue weighted by atomic mass is 19.1. The first-order valence-electron chi connectivity index (χ1n) is 10.4. The van der Waals surface area contributed by atoms with Crippen molar-refractivity contribution >= 4 is 11.8 Å². The van der Waals surface area contributed by atoms with E-state index in [0.717, 1.165) is 43.8 Å². The lowest BCUT2D eigenvalue weighted by atomic mass is 9.86. The van der Waals surface area contributed by atoms with Gasteiger partial charge in [0, 0.05) is 25.6 Å². The zero-order valence-electron chi connectivity index (χ0n) is 16.1. The van der Waals surface area contributed by atoms with Crippen LogP contribution in [0.15, 0.2) is 24.3 Å². The van der Waals surface area contributed by atoms with E-state index in [1.54, 1.807) is 12.1 Å². The summed E-state index contributed by atoms with van der Waals surface area (Å²) in [5, 5.41) is 3.05. The van der Waals surface area contributed by atoms with Crippen molar-refractivity contribution in [3.8, 4) is 0 Å². The van der Waals surface area contributed by atoms with E-state index in [9.17, 15) is 14.0 Å². The second kappa shape index (κ2) is 9.86. The van der Waals surface area contributed by atoms with Crippen LogP contribution in [0.1, 0.15) is 63.4 Å². The van der Waals surface area contributed by atoms with Crippen molar-refractivity contribution in [2.24, 2.45) is 5.92 Å². The normalized spacial score (nSPS) is 19.1. The third kappa shape index (κ3) is 6.33. The van der Waals surface area contributed by atoms with Crippen LogP contribution in [-0.4, -0.2) is 35.8 Å². The third-order valence-electron chi connectivity index (χ3n) is 5.98. The first-order chi connectivity index (χ1) is 13.1. The molecule has 5 heteroatoms. The molecule has 1 heterocycles. The zero-order valence-corrected chi connectivity index (χ0v) is 16.1. The Kier molecular flexibility index (Phi) is 7.25. The molecule has 2 fully saturated rings. The molecule has 0 aromatic heterocycles. The van der Waals surface area contributed by atoms with Crippen molar-refractivity contribution in [2.45, 2.75) is 70.3 Å². The van der Waals surface area contributed by atoms with E-state index in [-0.39, 0.29) is 30.1 Å². The lowest BCUT2D eigenvalue weighted by Crippen LogP contribution is -2.46. The van der Waals surface area contributed by atoms with Gasteiger partial charge in [-0.1, -0.05) is 44.2 Å². The quantitative estimate of drug-likeness (QED) is 0.823. The predicted molar refractivity (Wildman–Crippen MR) is 104 cm³/mol. The molecule has 0 atom stereocenters. The minimum absolute atomic E-state index is 0.0383. The molecule has 0 radical (unpaired) electrons. The largest absolute Gasteiger partial charge is 0.353 e. The Morgan fingerprint density at radius 2 is 1.67 bits per heavy atom. The van der Waals surface area contributed by atoms with Crippen LogP contribution in [0.3, 0.4) is 0 Å². The topological polar surface area (TPSA) is 49.4 Å². The molecule has 0 unspecified atom stereocenters. The average molecular weight is 375 g/mol. The van der Waals surface area contributed by atoms with Gasteiger partial charge in [0.05, 0.1) is 6.42 Å². The SMILES string of the molecule is O=C(Cc1ccc(F)cc1)NC1CCN(C(=O)CCC2CCCCC2)CC1. The number of benzene rings is 1. The summed E-state index contributed by atoms with van der Waals surface area (Å²) in [5.41, 5.74) is 0.809. The molecule has 27 heavy (non-hydrogen) atoms. The molecule has 148 valence electrons. The van der Waals surface area contributed by atoms with Crippen molar-refractivity contribution in [1.29, 1.82) is 0 Å². The van der Waals surface area contributed by atoms with Gasteiger partial charge in [-0.05, 0) is 42.9 Å². The molecule has 1 aliphatic carbocycles. The van der Waals surface area contributed by atoms with Crippen molar-refractivity contribution in [3.63, 3.8) is 0 Å². The Morgan fingerprint density at radius 3 is 2.33 bits per heavy atom. The number of likely N-dealkylation sites (tertiary alicyclic amines) is 1. The van der Waals surface area contributed by atoms with Crippen LogP contribution in [0.25, 0.3) is 0 Å². The monoisotopic (exact) mass is 374 g/mol. The van der Waals surface area contributed by atoms with E-state index in [1.807, 2.05) is 4.90 Å². The molecule has 3 rings (SSSR count). The molecular weight excluding hydrogens is 343 g/mol. The molecule has 1 saturated carbocycles. The van der Waals surface area contributed by atoms with E-state index in [2.05, 4.69) is 5.32 Å². The fourth-order valence-electron chi connectivity index (χ4n) is 4.30.